The molecule has 0 aromatic heterocycles. The number of carboxylic acids is 1. The van der Waals surface area contributed by atoms with Crippen molar-refractivity contribution < 1.29 is 19.5 Å². The van der Waals surface area contributed by atoms with Crippen molar-refractivity contribution in [2.24, 2.45) is 5.73 Å². The number of hydrogen-bond acceptors (Lipinski definition) is 5. The van der Waals surface area contributed by atoms with Gasteiger partial charge in [0.1, 0.15) is 13.1 Å². The van der Waals surface area contributed by atoms with E-state index in [9.17, 15) is 14.4 Å². The van der Waals surface area contributed by atoms with Crippen molar-refractivity contribution in [2.75, 3.05) is 18.8 Å². The van der Waals surface area contributed by atoms with Crippen LogP contribution < -0.4 is 5.73 Å². The standard InChI is InChI=1S/C13H13N3O4S/c14-5-6-21-10-4-2-1-3-9(10)13(20)16(7-11(15)17)8-12(18)19/h1-4H,6-8H2,(H2,15,17)(H,18,19). The number of carbonyl (C=O) groups is 3. The predicted octanol–water partition coefficient (Wildman–Crippen LogP) is 0.314. The molecule has 1 aromatic rings. The Morgan fingerprint density at radius 1 is 1.29 bits per heavy atom. The molecular formula is C13H13N3O4S. The van der Waals surface area contributed by atoms with E-state index in [-0.39, 0.29) is 11.3 Å². The van der Waals surface area contributed by atoms with E-state index in [0.717, 1.165) is 16.7 Å². The minimum Gasteiger partial charge on any atom is -0.480 e. The SMILES string of the molecule is N#CCSc1ccccc1C(=O)N(CC(N)=O)CC(=O)O. The summed E-state index contributed by atoms with van der Waals surface area (Å²) in [5, 5.41) is 17.4. The first kappa shape index (κ1) is 16.5. The summed E-state index contributed by atoms with van der Waals surface area (Å²) in [6, 6.07) is 8.43. The molecule has 0 spiro atoms. The molecule has 0 saturated carbocycles. The Bertz CT molecular complexity index is 581. The lowest BCUT2D eigenvalue weighted by Crippen LogP contribution is -2.41. The van der Waals surface area contributed by atoms with Crippen LogP contribution in [0.4, 0.5) is 0 Å². The van der Waals surface area contributed by atoms with Gasteiger partial charge in [-0.1, -0.05) is 12.1 Å². The Labute approximate surface area is 125 Å². The summed E-state index contributed by atoms with van der Waals surface area (Å²) in [5.41, 5.74) is 5.27. The van der Waals surface area contributed by atoms with Gasteiger partial charge in [0.15, 0.2) is 0 Å². The topological polar surface area (TPSA) is 124 Å². The van der Waals surface area contributed by atoms with Gasteiger partial charge in [-0.05, 0) is 12.1 Å². The van der Waals surface area contributed by atoms with Crippen LogP contribution in [0.15, 0.2) is 29.2 Å². The summed E-state index contributed by atoms with van der Waals surface area (Å²) in [5.74, 6) is -2.50. The molecule has 3 N–H and O–H groups in total. The van der Waals surface area contributed by atoms with Crippen molar-refractivity contribution in [1.82, 2.24) is 4.90 Å². The van der Waals surface area contributed by atoms with Crippen LogP contribution in [0.3, 0.4) is 0 Å². The molecule has 0 heterocycles. The third-order valence-corrected chi connectivity index (χ3v) is 3.31. The number of rotatable bonds is 7. The van der Waals surface area contributed by atoms with Crippen LogP contribution in [0.2, 0.25) is 0 Å². The van der Waals surface area contributed by atoms with Crippen LogP contribution in [0, 0.1) is 11.3 Å². The largest absolute Gasteiger partial charge is 0.480 e. The first-order valence-corrected chi connectivity index (χ1v) is 6.82. The highest BCUT2D eigenvalue weighted by Crippen LogP contribution is 2.23. The zero-order chi connectivity index (χ0) is 15.8. The molecule has 0 fully saturated rings. The second kappa shape index (κ2) is 7.91. The van der Waals surface area contributed by atoms with Gasteiger partial charge in [-0.2, -0.15) is 5.26 Å². The number of carbonyl (C=O) groups excluding carboxylic acids is 2. The number of aliphatic carboxylic acids is 1. The third-order valence-electron chi connectivity index (χ3n) is 2.37. The summed E-state index contributed by atoms with van der Waals surface area (Å²) in [7, 11) is 0. The first-order chi connectivity index (χ1) is 9.95. The molecule has 7 nitrogen and oxygen atoms in total. The predicted molar refractivity (Wildman–Crippen MR) is 75.5 cm³/mol. The van der Waals surface area contributed by atoms with Crippen LogP contribution in [0.25, 0.3) is 0 Å². The average molecular weight is 307 g/mol. The highest BCUT2D eigenvalue weighted by Gasteiger charge is 2.22. The van der Waals surface area contributed by atoms with Gasteiger partial charge < -0.3 is 15.7 Å². The molecule has 2 amide bonds. The van der Waals surface area contributed by atoms with Gasteiger partial charge in [0.2, 0.25) is 5.91 Å². The number of nitriles is 1. The molecule has 0 saturated heterocycles. The zero-order valence-corrected chi connectivity index (χ0v) is 11.8. The molecule has 1 aromatic carbocycles. The van der Waals surface area contributed by atoms with Gasteiger partial charge in [-0.15, -0.1) is 11.8 Å². The van der Waals surface area contributed by atoms with Crippen LogP contribution >= 0.6 is 11.8 Å². The summed E-state index contributed by atoms with van der Waals surface area (Å²) >= 11 is 1.16. The zero-order valence-electron chi connectivity index (χ0n) is 11.0. The molecule has 0 aliphatic heterocycles. The van der Waals surface area contributed by atoms with Crippen LogP contribution in [-0.2, 0) is 9.59 Å². The van der Waals surface area contributed by atoms with Gasteiger partial charge in [0, 0.05) is 4.90 Å². The second-order valence-electron chi connectivity index (χ2n) is 3.96. The van der Waals surface area contributed by atoms with E-state index in [1.54, 1.807) is 18.2 Å². The van der Waals surface area contributed by atoms with Crippen molar-refractivity contribution in [3.8, 4) is 6.07 Å². The lowest BCUT2D eigenvalue weighted by atomic mass is 10.2. The molecular weight excluding hydrogens is 294 g/mol. The number of benzene rings is 1. The van der Waals surface area contributed by atoms with Crippen LogP contribution in [0.1, 0.15) is 10.4 Å². The average Bonchev–Trinajstić information content (AvgIpc) is 2.43. The number of nitrogens with zero attached hydrogens (tertiary/aromatic N) is 2. The fourth-order valence-electron chi connectivity index (χ4n) is 1.60. The molecule has 0 bridgehead atoms. The van der Waals surface area contributed by atoms with Crippen molar-refractivity contribution in [2.45, 2.75) is 4.90 Å². The number of hydrogen-bond donors (Lipinski definition) is 2. The number of thioether (sulfide) groups is 1. The monoisotopic (exact) mass is 307 g/mol. The van der Waals surface area contributed by atoms with E-state index in [0.29, 0.717) is 4.90 Å². The molecule has 0 aliphatic rings. The third kappa shape index (κ3) is 5.16. The molecule has 110 valence electrons. The van der Waals surface area contributed by atoms with E-state index in [2.05, 4.69) is 0 Å². The molecule has 8 heteroatoms. The van der Waals surface area contributed by atoms with Gasteiger partial charge in [-0.3, -0.25) is 14.4 Å². The van der Waals surface area contributed by atoms with Crippen LogP contribution in [-0.4, -0.2) is 46.6 Å². The molecule has 21 heavy (non-hydrogen) atoms. The maximum atomic E-state index is 12.4. The summed E-state index contributed by atoms with van der Waals surface area (Å²) in [6.45, 7) is -1.11. The van der Waals surface area contributed by atoms with E-state index >= 15 is 0 Å². The Hall–Kier alpha value is -2.53. The number of nitrogens with two attached hydrogens (primary N) is 1. The van der Waals surface area contributed by atoms with E-state index in [1.165, 1.54) is 6.07 Å². The highest BCUT2D eigenvalue weighted by molar-refractivity contribution is 7.99. The molecule has 0 unspecified atom stereocenters. The molecule has 0 aliphatic carbocycles. The van der Waals surface area contributed by atoms with Gasteiger partial charge in [0.05, 0.1) is 17.4 Å². The van der Waals surface area contributed by atoms with Crippen molar-refractivity contribution in [3.05, 3.63) is 29.8 Å². The second-order valence-corrected chi connectivity index (χ2v) is 4.98. The summed E-state index contributed by atoms with van der Waals surface area (Å²) in [4.78, 5) is 35.5. The van der Waals surface area contributed by atoms with E-state index in [4.69, 9.17) is 16.1 Å². The smallest absolute Gasteiger partial charge is 0.323 e. The fourth-order valence-corrected chi connectivity index (χ4v) is 2.31. The number of amides is 2. The van der Waals surface area contributed by atoms with Crippen molar-refractivity contribution >= 4 is 29.5 Å². The summed E-state index contributed by atoms with van der Waals surface area (Å²) < 4.78 is 0. The Kier molecular flexibility index (Phi) is 6.23. The van der Waals surface area contributed by atoms with Crippen molar-refractivity contribution in [1.29, 1.82) is 5.26 Å². The molecule has 1 rings (SSSR count). The van der Waals surface area contributed by atoms with E-state index in [1.807, 2.05) is 6.07 Å². The van der Waals surface area contributed by atoms with Gasteiger partial charge in [0.25, 0.3) is 5.91 Å². The maximum absolute atomic E-state index is 12.4. The quantitative estimate of drug-likeness (QED) is 0.699. The lowest BCUT2D eigenvalue weighted by Gasteiger charge is -2.20. The fraction of sp³-hybridized carbons (Fsp3) is 0.231. The maximum Gasteiger partial charge on any atom is 0.323 e. The van der Waals surface area contributed by atoms with Gasteiger partial charge >= 0.3 is 5.97 Å². The molecule has 0 atom stereocenters. The van der Waals surface area contributed by atoms with Crippen LogP contribution in [0.5, 0.6) is 0 Å². The minimum absolute atomic E-state index is 0.152. The van der Waals surface area contributed by atoms with E-state index < -0.39 is 30.9 Å². The molecule has 0 radical (unpaired) electrons. The Morgan fingerprint density at radius 2 is 1.95 bits per heavy atom. The van der Waals surface area contributed by atoms with Crippen molar-refractivity contribution in [3.63, 3.8) is 0 Å². The Balaban J connectivity index is 3.05. The normalized spacial score (nSPS) is 9.67. The van der Waals surface area contributed by atoms with Gasteiger partial charge in [-0.25, -0.2) is 0 Å². The lowest BCUT2D eigenvalue weighted by molar-refractivity contribution is -0.138. The summed E-state index contributed by atoms with van der Waals surface area (Å²) in [6.07, 6.45) is 0. The first-order valence-electron chi connectivity index (χ1n) is 5.84. The number of carboxylic acid groups (broad SMARTS) is 1. The minimum atomic E-state index is -1.24. The number of primary amides is 1. The highest BCUT2D eigenvalue weighted by atomic mass is 32.2. The Morgan fingerprint density at radius 3 is 2.52 bits per heavy atom.